The summed E-state index contributed by atoms with van der Waals surface area (Å²) in [5, 5.41) is 8.78. The molecule has 45 heavy (non-hydrogen) atoms. The third-order valence-corrected chi connectivity index (χ3v) is 8.95. The van der Waals surface area contributed by atoms with Crippen LogP contribution in [-0.4, -0.2) is 61.6 Å². The lowest BCUT2D eigenvalue weighted by Crippen LogP contribution is -2.42. The summed E-state index contributed by atoms with van der Waals surface area (Å²) in [5.41, 5.74) is 3.76. The van der Waals surface area contributed by atoms with Gasteiger partial charge in [0.05, 0.1) is 52.9 Å². The number of rotatable bonds is 9. The normalized spacial score (nSPS) is 24.2. The van der Waals surface area contributed by atoms with Crippen LogP contribution in [0, 0.1) is 12.8 Å². The van der Waals surface area contributed by atoms with Gasteiger partial charge in [-0.1, -0.05) is 35.0 Å². The highest BCUT2D eigenvalue weighted by atomic mass is 16.7. The average molecular weight is 616 g/mol. The van der Waals surface area contributed by atoms with Gasteiger partial charge in [0, 0.05) is 29.2 Å². The van der Waals surface area contributed by atoms with Gasteiger partial charge in [-0.05, 0) is 24.6 Å². The van der Waals surface area contributed by atoms with Crippen LogP contribution in [0.25, 0.3) is 0 Å². The standard InChI is InChI=1S/C33H33N3O9/c1-19-4-6-20(7-5-19)12-36-13-21(34-35-36)14-45-33-16-40-31(22-8-27-29(43-17-41-27)10-25(22)37-2)24(33)15-39-32(33)23-9-28-30(44-18-42-28)11-26(23)38-3/h4-11,13,24,31-32H,12,14-18H2,1-3H3/t24-,31-,32+,33-/m1/s1. The van der Waals surface area contributed by atoms with Crippen LogP contribution in [0.1, 0.15) is 40.2 Å². The maximum absolute atomic E-state index is 6.89. The third-order valence-electron chi connectivity index (χ3n) is 8.95. The van der Waals surface area contributed by atoms with Crippen LogP contribution < -0.4 is 28.4 Å². The van der Waals surface area contributed by atoms with Crippen LogP contribution in [-0.2, 0) is 27.4 Å². The highest BCUT2D eigenvalue weighted by Crippen LogP contribution is 2.59. The zero-order valence-electron chi connectivity index (χ0n) is 25.2. The molecule has 3 aromatic carbocycles. The van der Waals surface area contributed by atoms with E-state index in [0.717, 1.165) is 16.7 Å². The molecule has 4 aromatic rings. The van der Waals surface area contributed by atoms with Crippen molar-refractivity contribution in [3.63, 3.8) is 0 Å². The Morgan fingerprint density at radius 3 is 2.18 bits per heavy atom. The van der Waals surface area contributed by atoms with E-state index in [0.29, 0.717) is 53.3 Å². The first-order valence-electron chi connectivity index (χ1n) is 14.8. The van der Waals surface area contributed by atoms with E-state index < -0.39 is 17.8 Å². The number of methoxy groups -OCH3 is 2. The van der Waals surface area contributed by atoms with E-state index in [1.54, 1.807) is 14.2 Å². The minimum atomic E-state index is -0.909. The van der Waals surface area contributed by atoms with Crippen LogP contribution in [0.4, 0.5) is 0 Å². The molecular formula is C33H33N3O9. The second-order valence-corrected chi connectivity index (χ2v) is 11.6. The van der Waals surface area contributed by atoms with Crippen LogP contribution in [0.15, 0.2) is 54.7 Å². The molecule has 2 fully saturated rings. The highest BCUT2D eigenvalue weighted by molar-refractivity contribution is 5.55. The monoisotopic (exact) mass is 615 g/mol. The van der Waals surface area contributed by atoms with E-state index in [1.165, 1.54) is 5.56 Å². The van der Waals surface area contributed by atoms with Gasteiger partial charge in [-0.25, -0.2) is 4.68 Å². The molecule has 0 N–H and O–H groups in total. The van der Waals surface area contributed by atoms with Gasteiger partial charge in [-0.2, -0.15) is 0 Å². The lowest BCUT2D eigenvalue weighted by molar-refractivity contribution is -0.118. The Labute approximate surface area is 259 Å². The van der Waals surface area contributed by atoms with Crippen molar-refractivity contribution in [3.05, 3.63) is 82.7 Å². The Kier molecular flexibility index (Phi) is 6.92. The van der Waals surface area contributed by atoms with Gasteiger partial charge in [0.15, 0.2) is 23.0 Å². The first-order chi connectivity index (χ1) is 22.0. The quantitative estimate of drug-likeness (QED) is 0.265. The Bertz CT molecular complexity index is 1730. The molecule has 0 aliphatic carbocycles. The molecule has 2 saturated heterocycles. The number of benzene rings is 3. The van der Waals surface area contributed by atoms with E-state index in [-0.39, 0.29) is 32.7 Å². The fourth-order valence-corrected chi connectivity index (χ4v) is 6.65. The van der Waals surface area contributed by atoms with Crippen molar-refractivity contribution in [3.8, 4) is 34.5 Å². The third kappa shape index (κ3) is 4.80. The highest BCUT2D eigenvalue weighted by Gasteiger charge is 2.62. The molecule has 4 atom stereocenters. The average Bonchev–Trinajstić information content (AvgIpc) is 3.89. The molecule has 12 heteroatoms. The molecule has 234 valence electrons. The summed E-state index contributed by atoms with van der Waals surface area (Å²) < 4.78 is 56.1. The van der Waals surface area contributed by atoms with Crippen molar-refractivity contribution in [2.75, 3.05) is 41.0 Å². The van der Waals surface area contributed by atoms with Gasteiger partial charge in [-0.15, -0.1) is 5.10 Å². The molecule has 4 aliphatic rings. The molecule has 5 heterocycles. The Balaban J connectivity index is 1.13. The number of nitrogens with zero attached hydrogens (tertiary/aromatic N) is 3. The number of aromatic nitrogens is 3. The molecule has 12 nitrogen and oxygen atoms in total. The zero-order chi connectivity index (χ0) is 30.5. The Hall–Kier alpha value is -4.52. The zero-order valence-corrected chi connectivity index (χ0v) is 25.2. The summed E-state index contributed by atoms with van der Waals surface area (Å²) in [4.78, 5) is 0. The number of hydrogen-bond donors (Lipinski definition) is 0. The maximum atomic E-state index is 6.89. The molecule has 0 amide bonds. The van der Waals surface area contributed by atoms with E-state index >= 15 is 0 Å². The van der Waals surface area contributed by atoms with E-state index in [2.05, 4.69) is 41.5 Å². The first-order valence-corrected chi connectivity index (χ1v) is 14.8. The number of aryl methyl sites for hydroxylation is 1. The number of fused-ring (bicyclic) bond motifs is 3. The summed E-state index contributed by atoms with van der Waals surface area (Å²) in [5.74, 6) is 3.57. The Morgan fingerprint density at radius 1 is 0.844 bits per heavy atom. The van der Waals surface area contributed by atoms with Crippen LogP contribution >= 0.6 is 0 Å². The topological polar surface area (TPSA) is 114 Å². The molecule has 4 aliphatic heterocycles. The van der Waals surface area contributed by atoms with Gasteiger partial charge in [-0.3, -0.25) is 0 Å². The second kappa shape index (κ2) is 11.1. The van der Waals surface area contributed by atoms with Crippen LogP contribution in [0.5, 0.6) is 34.5 Å². The first kappa shape index (κ1) is 28.0. The molecule has 1 aromatic heterocycles. The summed E-state index contributed by atoms with van der Waals surface area (Å²) in [6, 6.07) is 15.9. The lowest BCUT2D eigenvalue weighted by atomic mass is 9.80. The van der Waals surface area contributed by atoms with Crippen molar-refractivity contribution in [1.82, 2.24) is 15.0 Å². The molecule has 8 rings (SSSR count). The molecule has 0 saturated carbocycles. The minimum Gasteiger partial charge on any atom is -0.496 e. The van der Waals surface area contributed by atoms with Crippen molar-refractivity contribution in [2.24, 2.45) is 5.92 Å². The van der Waals surface area contributed by atoms with Crippen molar-refractivity contribution < 1.29 is 42.6 Å². The second-order valence-electron chi connectivity index (χ2n) is 11.6. The van der Waals surface area contributed by atoms with Crippen LogP contribution in [0.3, 0.4) is 0 Å². The Morgan fingerprint density at radius 2 is 1.49 bits per heavy atom. The lowest BCUT2D eigenvalue weighted by Gasteiger charge is -2.33. The predicted octanol–water partition coefficient (Wildman–Crippen LogP) is 4.52. The maximum Gasteiger partial charge on any atom is 0.231 e. The number of ether oxygens (including phenoxy) is 9. The fourth-order valence-electron chi connectivity index (χ4n) is 6.65. The minimum absolute atomic E-state index is 0.144. The van der Waals surface area contributed by atoms with Crippen molar-refractivity contribution in [2.45, 2.75) is 37.9 Å². The van der Waals surface area contributed by atoms with Gasteiger partial charge in [0.2, 0.25) is 13.6 Å². The van der Waals surface area contributed by atoms with Gasteiger partial charge < -0.3 is 42.6 Å². The molecule has 0 spiro atoms. The summed E-state index contributed by atoms with van der Waals surface area (Å²) >= 11 is 0. The number of hydrogen-bond acceptors (Lipinski definition) is 11. The van der Waals surface area contributed by atoms with Crippen molar-refractivity contribution >= 4 is 0 Å². The summed E-state index contributed by atoms with van der Waals surface area (Å²) in [7, 11) is 3.25. The summed E-state index contributed by atoms with van der Waals surface area (Å²) in [6.07, 6.45) is 0.960. The van der Waals surface area contributed by atoms with Gasteiger partial charge >= 0.3 is 0 Å². The van der Waals surface area contributed by atoms with Gasteiger partial charge in [0.1, 0.15) is 28.9 Å². The largest absolute Gasteiger partial charge is 0.496 e. The molecule has 0 radical (unpaired) electrons. The van der Waals surface area contributed by atoms with E-state index in [9.17, 15) is 0 Å². The fraction of sp³-hybridized carbons (Fsp3) is 0.394. The molecular weight excluding hydrogens is 582 g/mol. The van der Waals surface area contributed by atoms with E-state index in [1.807, 2.05) is 35.1 Å². The predicted molar refractivity (Wildman–Crippen MR) is 157 cm³/mol. The summed E-state index contributed by atoms with van der Waals surface area (Å²) in [6.45, 7) is 3.79. The molecule has 0 unspecified atom stereocenters. The SMILES string of the molecule is COc1cc2c(cc1[C@H]1OC[C@@]3(OCc4cn(Cc5ccc(C)cc5)nn4)[C@@H]1CO[C@H]3c1cc3c(cc1OC)OCO3)OCO2. The molecule has 0 bridgehead atoms. The van der Waals surface area contributed by atoms with Crippen molar-refractivity contribution in [1.29, 1.82) is 0 Å². The van der Waals surface area contributed by atoms with E-state index in [4.69, 9.17) is 42.6 Å². The van der Waals surface area contributed by atoms with Crippen LogP contribution in [0.2, 0.25) is 0 Å². The van der Waals surface area contributed by atoms with Gasteiger partial charge in [0.25, 0.3) is 0 Å². The smallest absolute Gasteiger partial charge is 0.231 e.